The lowest BCUT2D eigenvalue weighted by Gasteiger charge is -2.11. The normalized spacial score (nSPS) is 11.3. The molecule has 178 valence electrons. The van der Waals surface area contributed by atoms with E-state index in [0.717, 1.165) is 0 Å². The largest absolute Gasteiger partial charge is 0.439 e. The van der Waals surface area contributed by atoms with Crippen molar-refractivity contribution in [3.05, 3.63) is 94.6 Å². The maximum atomic E-state index is 13.3. The van der Waals surface area contributed by atoms with Gasteiger partial charge < -0.3 is 9.88 Å². The number of sulfone groups is 1. The van der Waals surface area contributed by atoms with E-state index < -0.39 is 21.5 Å². The second-order valence-corrected chi connectivity index (χ2v) is 9.79. The Bertz CT molecular complexity index is 1840. The lowest BCUT2D eigenvalue weighted by molar-refractivity contribution is 0.101. The predicted octanol–water partition coefficient (Wildman–Crippen LogP) is 3.48. The van der Waals surface area contributed by atoms with E-state index in [2.05, 4.69) is 20.0 Å². The van der Waals surface area contributed by atoms with Gasteiger partial charge in [0.1, 0.15) is 5.69 Å². The van der Waals surface area contributed by atoms with Crippen LogP contribution in [0, 0.1) is 11.3 Å². The van der Waals surface area contributed by atoms with Crippen molar-refractivity contribution in [1.29, 1.82) is 5.26 Å². The van der Waals surface area contributed by atoms with Crippen LogP contribution in [0.15, 0.2) is 91.9 Å². The van der Waals surface area contributed by atoms with Gasteiger partial charge in [0.15, 0.2) is 5.82 Å². The van der Waals surface area contributed by atoms with E-state index in [1.807, 2.05) is 6.07 Å². The summed E-state index contributed by atoms with van der Waals surface area (Å²) in [7, 11) is -2.24. The van der Waals surface area contributed by atoms with Crippen LogP contribution in [0.3, 0.4) is 0 Å². The summed E-state index contributed by atoms with van der Waals surface area (Å²) in [4.78, 5) is 27.4. The minimum absolute atomic E-state index is 0.0423. The molecule has 0 atom stereocenters. The Morgan fingerprint density at radius 3 is 2.56 bits per heavy atom. The number of nitriles is 1. The lowest BCUT2D eigenvalue weighted by atomic mass is 10.1. The molecule has 0 saturated carbocycles. The first-order valence-electron chi connectivity index (χ1n) is 10.6. The Balaban J connectivity index is 1.58. The summed E-state index contributed by atoms with van der Waals surface area (Å²) in [6, 6.07) is 21.0. The molecule has 0 bridgehead atoms. The summed E-state index contributed by atoms with van der Waals surface area (Å²) in [5, 5.41) is 16.2. The molecular formula is C25H17N5O5S. The molecule has 10 nitrogen and oxygen atoms in total. The summed E-state index contributed by atoms with van der Waals surface area (Å²) >= 11 is 0. The van der Waals surface area contributed by atoms with Gasteiger partial charge >= 0.3 is 5.76 Å². The topological polar surface area (TPSA) is 151 Å². The van der Waals surface area contributed by atoms with E-state index in [1.165, 1.54) is 41.0 Å². The second kappa shape index (κ2) is 8.68. The van der Waals surface area contributed by atoms with Crippen LogP contribution in [0.1, 0.15) is 16.1 Å². The van der Waals surface area contributed by atoms with Gasteiger partial charge in [-0.2, -0.15) is 5.26 Å². The van der Waals surface area contributed by atoms with Gasteiger partial charge in [0.2, 0.25) is 9.84 Å². The van der Waals surface area contributed by atoms with Gasteiger partial charge in [-0.1, -0.05) is 35.5 Å². The molecule has 0 fully saturated rings. The number of para-hydroxylation sites is 1. The van der Waals surface area contributed by atoms with Gasteiger partial charge in [-0.05, 0) is 42.5 Å². The number of amides is 1. The molecule has 2 N–H and O–H groups in total. The summed E-state index contributed by atoms with van der Waals surface area (Å²) in [5.74, 6) is -1.28. The Labute approximate surface area is 204 Å². The molecule has 5 aromatic rings. The monoisotopic (exact) mass is 499 g/mol. The van der Waals surface area contributed by atoms with Crippen molar-refractivity contribution in [3.63, 3.8) is 0 Å². The van der Waals surface area contributed by atoms with Gasteiger partial charge in [0.25, 0.3) is 5.91 Å². The fourth-order valence-electron chi connectivity index (χ4n) is 3.99. The third kappa shape index (κ3) is 3.85. The number of fused-ring (bicyclic) bond motifs is 1. The van der Waals surface area contributed by atoms with Gasteiger partial charge in [-0.25, -0.2) is 13.2 Å². The highest BCUT2D eigenvalue weighted by atomic mass is 32.2. The van der Waals surface area contributed by atoms with Crippen LogP contribution in [0.4, 0.5) is 5.69 Å². The Kier molecular flexibility index (Phi) is 5.50. The Morgan fingerprint density at radius 1 is 1.08 bits per heavy atom. The number of carbonyl (C=O) groups excluding carboxylic acids is 1. The van der Waals surface area contributed by atoms with E-state index in [4.69, 9.17) is 0 Å². The number of rotatable bonds is 5. The highest BCUT2D eigenvalue weighted by molar-refractivity contribution is 7.91. The van der Waals surface area contributed by atoms with E-state index in [0.29, 0.717) is 10.9 Å². The number of anilines is 1. The zero-order chi connectivity index (χ0) is 25.4. The summed E-state index contributed by atoms with van der Waals surface area (Å²) in [6.07, 6.45) is 0. The number of hydrogen-bond acceptors (Lipinski definition) is 7. The van der Waals surface area contributed by atoms with Crippen LogP contribution in [0.25, 0.3) is 22.3 Å². The number of nitrogens with one attached hydrogen (secondary N) is 2. The minimum Gasteiger partial charge on any atom is -0.339 e. The molecule has 2 aromatic heterocycles. The van der Waals surface area contributed by atoms with E-state index in [1.54, 1.807) is 43.4 Å². The van der Waals surface area contributed by atoms with Crippen LogP contribution in [0.5, 0.6) is 0 Å². The second-order valence-electron chi connectivity index (χ2n) is 7.87. The maximum Gasteiger partial charge on any atom is 0.439 e. The number of aromatic amines is 1. The van der Waals surface area contributed by atoms with Crippen LogP contribution in [0.2, 0.25) is 0 Å². The van der Waals surface area contributed by atoms with Crippen LogP contribution < -0.4 is 11.1 Å². The molecule has 5 rings (SSSR count). The minimum atomic E-state index is -3.84. The third-order valence-electron chi connectivity index (χ3n) is 5.69. The highest BCUT2D eigenvalue weighted by Crippen LogP contribution is 2.31. The quantitative estimate of drug-likeness (QED) is 0.376. The third-order valence-corrected chi connectivity index (χ3v) is 7.49. The fourth-order valence-corrected chi connectivity index (χ4v) is 5.53. The SMILES string of the molecule is Cn1c(C(=O)Nc2ccc(C#N)cc2-c2noc(=O)[nH]2)cc2cccc(S(=O)(=O)c3ccccc3)c21. The van der Waals surface area contributed by atoms with Crippen molar-refractivity contribution in [2.24, 2.45) is 7.05 Å². The summed E-state index contributed by atoms with van der Waals surface area (Å²) in [5.41, 5.74) is 1.41. The Hall–Kier alpha value is -4.95. The predicted molar refractivity (Wildman–Crippen MR) is 130 cm³/mol. The van der Waals surface area contributed by atoms with Crippen molar-refractivity contribution >= 4 is 32.3 Å². The Morgan fingerprint density at radius 2 is 1.86 bits per heavy atom. The summed E-state index contributed by atoms with van der Waals surface area (Å²) < 4.78 is 32.8. The average Bonchev–Trinajstić information content (AvgIpc) is 3.47. The first kappa shape index (κ1) is 22.8. The first-order chi connectivity index (χ1) is 17.3. The molecule has 0 aliphatic carbocycles. The van der Waals surface area contributed by atoms with Crippen molar-refractivity contribution < 1.29 is 17.7 Å². The smallest absolute Gasteiger partial charge is 0.339 e. The maximum absolute atomic E-state index is 13.3. The highest BCUT2D eigenvalue weighted by Gasteiger charge is 2.24. The number of hydrogen-bond donors (Lipinski definition) is 2. The molecule has 0 radical (unpaired) electrons. The van der Waals surface area contributed by atoms with Gasteiger partial charge in [-0.15, -0.1) is 0 Å². The zero-order valence-electron chi connectivity index (χ0n) is 18.7. The van der Waals surface area contributed by atoms with Crippen molar-refractivity contribution in [2.75, 3.05) is 5.32 Å². The van der Waals surface area contributed by atoms with Crippen LogP contribution >= 0.6 is 0 Å². The molecule has 11 heteroatoms. The molecule has 2 heterocycles. The number of carbonyl (C=O) groups is 1. The molecule has 0 aliphatic heterocycles. The van der Waals surface area contributed by atoms with E-state index >= 15 is 0 Å². The van der Waals surface area contributed by atoms with Crippen LogP contribution in [-0.2, 0) is 16.9 Å². The molecule has 1 amide bonds. The average molecular weight is 500 g/mol. The first-order valence-corrected chi connectivity index (χ1v) is 12.1. The molecule has 0 spiro atoms. The van der Waals surface area contributed by atoms with Crippen molar-refractivity contribution in [1.82, 2.24) is 14.7 Å². The summed E-state index contributed by atoms with van der Waals surface area (Å²) in [6.45, 7) is 0. The van der Waals surface area contributed by atoms with E-state index in [-0.39, 0.29) is 38.1 Å². The molecule has 0 saturated heterocycles. The zero-order valence-corrected chi connectivity index (χ0v) is 19.5. The number of aryl methyl sites for hydroxylation is 1. The van der Waals surface area contributed by atoms with Gasteiger partial charge in [-0.3, -0.25) is 14.3 Å². The number of H-pyrrole nitrogens is 1. The number of benzene rings is 3. The number of nitrogens with zero attached hydrogens (tertiary/aromatic N) is 3. The van der Waals surface area contributed by atoms with E-state index in [9.17, 15) is 23.3 Å². The molecule has 0 unspecified atom stereocenters. The molecular weight excluding hydrogens is 482 g/mol. The lowest BCUT2D eigenvalue weighted by Crippen LogP contribution is -2.16. The van der Waals surface area contributed by atoms with Crippen molar-refractivity contribution in [2.45, 2.75) is 9.79 Å². The van der Waals surface area contributed by atoms with Crippen molar-refractivity contribution in [3.8, 4) is 17.5 Å². The molecule has 36 heavy (non-hydrogen) atoms. The van der Waals surface area contributed by atoms with Crippen LogP contribution in [-0.4, -0.2) is 29.0 Å². The standard InChI is InChI=1S/C25H17N5O5S/c1-30-20(13-16-6-5-9-21(22(16)30)36(33,34)17-7-3-2-4-8-17)24(31)27-19-11-10-15(14-26)12-18(19)23-28-25(32)35-29-23/h2-13H,1H3,(H,27,31)(H,28,29,32). The fraction of sp³-hybridized carbons (Fsp3) is 0.0400. The van der Waals surface area contributed by atoms with Gasteiger partial charge in [0, 0.05) is 18.0 Å². The van der Waals surface area contributed by atoms with Gasteiger partial charge in [0.05, 0.1) is 32.6 Å². The molecule has 0 aliphatic rings. The molecule has 3 aromatic carbocycles. The number of aromatic nitrogens is 3.